The summed E-state index contributed by atoms with van der Waals surface area (Å²) in [5.74, 6) is -3.62. The Hall–Kier alpha value is -2.87. The van der Waals surface area contributed by atoms with Crippen LogP contribution in [0.15, 0.2) is 36.4 Å². The highest BCUT2D eigenvalue weighted by Gasteiger charge is 2.36. The Morgan fingerprint density at radius 3 is 2.54 bits per heavy atom. The van der Waals surface area contributed by atoms with E-state index >= 15 is 0 Å². The summed E-state index contributed by atoms with van der Waals surface area (Å²) in [5, 5.41) is 9.89. The molecule has 8 heteroatoms. The number of aromatic nitrogens is 1. The van der Waals surface area contributed by atoms with Crippen LogP contribution >= 0.6 is 0 Å². The smallest absolute Gasteiger partial charge is 0.335 e. The number of fused-ring (bicyclic) bond motifs is 3. The number of alkyl halides is 2. The van der Waals surface area contributed by atoms with E-state index in [0.29, 0.717) is 12.1 Å². The summed E-state index contributed by atoms with van der Waals surface area (Å²) in [6, 6.07) is 7.65. The zero-order valence-electron chi connectivity index (χ0n) is 14.6. The van der Waals surface area contributed by atoms with E-state index in [9.17, 15) is 22.4 Å². The van der Waals surface area contributed by atoms with Gasteiger partial charge in [0.1, 0.15) is 11.6 Å². The zero-order chi connectivity index (χ0) is 20.0. The van der Waals surface area contributed by atoms with Gasteiger partial charge in [0.2, 0.25) is 0 Å². The maximum atomic E-state index is 14.8. The number of nitrogens with one attached hydrogen (secondary N) is 1. The number of hydrogen-bond acceptors (Lipinski definition) is 2. The molecule has 4 nitrogen and oxygen atoms in total. The first-order valence-electron chi connectivity index (χ1n) is 8.70. The third-order valence-electron chi connectivity index (χ3n) is 5.11. The molecule has 1 aliphatic heterocycles. The Balaban J connectivity index is 1.93. The van der Waals surface area contributed by atoms with Gasteiger partial charge in [-0.1, -0.05) is 18.2 Å². The van der Waals surface area contributed by atoms with E-state index in [1.165, 1.54) is 4.90 Å². The number of nitrogens with zero attached hydrogens (tertiary/aromatic N) is 1. The average molecular weight is 392 g/mol. The number of hydrogen-bond donors (Lipinski definition) is 2. The number of carbonyl (C=O) groups is 1. The molecule has 2 N–H and O–H groups in total. The van der Waals surface area contributed by atoms with Gasteiger partial charge in [0.05, 0.1) is 18.2 Å². The van der Waals surface area contributed by atoms with Crippen LogP contribution in [0.3, 0.4) is 0 Å². The van der Waals surface area contributed by atoms with Crippen LogP contribution in [0.4, 0.5) is 17.6 Å². The molecule has 3 aromatic rings. The van der Waals surface area contributed by atoms with Crippen LogP contribution in [0, 0.1) is 11.6 Å². The van der Waals surface area contributed by atoms with Crippen molar-refractivity contribution in [1.29, 1.82) is 0 Å². The van der Waals surface area contributed by atoms with Crippen LogP contribution in [0.1, 0.15) is 33.2 Å². The molecule has 1 aromatic heterocycles. The van der Waals surface area contributed by atoms with Crippen LogP contribution in [-0.4, -0.2) is 40.5 Å². The summed E-state index contributed by atoms with van der Waals surface area (Å²) in [6.07, 6.45) is -2.23. The molecule has 0 spiro atoms. The van der Waals surface area contributed by atoms with Crippen molar-refractivity contribution in [2.45, 2.75) is 18.9 Å². The minimum absolute atomic E-state index is 0.198. The number of carboxylic acids is 1. The van der Waals surface area contributed by atoms with Crippen molar-refractivity contribution in [3.05, 3.63) is 70.4 Å². The number of carboxylic acid groups (broad SMARTS) is 1. The molecule has 0 amide bonds. The van der Waals surface area contributed by atoms with Gasteiger partial charge < -0.3 is 10.1 Å². The molecule has 146 valence electrons. The molecule has 2 heterocycles. The maximum absolute atomic E-state index is 14.8. The average Bonchev–Trinajstić information content (AvgIpc) is 3.00. The lowest BCUT2D eigenvalue weighted by Gasteiger charge is -2.36. The van der Waals surface area contributed by atoms with Gasteiger partial charge in [-0.2, -0.15) is 0 Å². The third-order valence-corrected chi connectivity index (χ3v) is 5.11. The number of benzene rings is 2. The van der Waals surface area contributed by atoms with Crippen molar-refractivity contribution in [2.24, 2.45) is 0 Å². The van der Waals surface area contributed by atoms with Gasteiger partial charge in [-0.25, -0.2) is 22.4 Å². The predicted molar refractivity (Wildman–Crippen MR) is 94.7 cm³/mol. The Bertz CT molecular complexity index is 1040. The zero-order valence-corrected chi connectivity index (χ0v) is 14.6. The molecule has 4 rings (SSSR count). The van der Waals surface area contributed by atoms with Crippen LogP contribution in [0.5, 0.6) is 0 Å². The summed E-state index contributed by atoms with van der Waals surface area (Å²) in [6.45, 7) is -0.456. The second-order valence-electron chi connectivity index (χ2n) is 6.76. The van der Waals surface area contributed by atoms with Crippen molar-refractivity contribution in [3.8, 4) is 0 Å². The second kappa shape index (κ2) is 6.94. The van der Waals surface area contributed by atoms with Crippen molar-refractivity contribution in [2.75, 3.05) is 13.1 Å². The summed E-state index contributed by atoms with van der Waals surface area (Å²) in [5.41, 5.74) is 1.06. The van der Waals surface area contributed by atoms with Crippen molar-refractivity contribution < 1.29 is 27.5 Å². The lowest BCUT2D eigenvalue weighted by Crippen LogP contribution is -2.40. The number of aromatic amines is 1. The van der Waals surface area contributed by atoms with Gasteiger partial charge in [-0.05, 0) is 30.2 Å². The molecule has 0 aliphatic carbocycles. The molecule has 28 heavy (non-hydrogen) atoms. The first-order chi connectivity index (χ1) is 13.4. The highest BCUT2D eigenvalue weighted by atomic mass is 19.3. The molecule has 0 saturated heterocycles. The van der Waals surface area contributed by atoms with Crippen molar-refractivity contribution in [3.63, 3.8) is 0 Å². The van der Waals surface area contributed by atoms with Crippen molar-refractivity contribution in [1.82, 2.24) is 9.88 Å². The summed E-state index contributed by atoms with van der Waals surface area (Å²) < 4.78 is 55.9. The van der Waals surface area contributed by atoms with E-state index in [1.54, 1.807) is 6.07 Å². The molecule has 0 fully saturated rings. The second-order valence-corrected chi connectivity index (χ2v) is 6.76. The van der Waals surface area contributed by atoms with Gasteiger partial charge in [-0.3, -0.25) is 4.90 Å². The minimum atomic E-state index is -2.68. The van der Waals surface area contributed by atoms with Crippen LogP contribution < -0.4 is 0 Å². The van der Waals surface area contributed by atoms with Gasteiger partial charge in [-0.15, -0.1) is 0 Å². The number of rotatable bonds is 4. The topological polar surface area (TPSA) is 56.3 Å². The maximum Gasteiger partial charge on any atom is 0.335 e. The molecule has 1 aliphatic rings. The highest BCUT2D eigenvalue weighted by molar-refractivity contribution is 5.88. The third kappa shape index (κ3) is 3.03. The van der Waals surface area contributed by atoms with Crippen LogP contribution in [0.2, 0.25) is 0 Å². The van der Waals surface area contributed by atoms with Crippen molar-refractivity contribution >= 4 is 16.9 Å². The van der Waals surface area contributed by atoms with Crippen LogP contribution in [0.25, 0.3) is 10.9 Å². The van der Waals surface area contributed by atoms with Gasteiger partial charge in [0, 0.05) is 28.7 Å². The standard InChI is InChI=1S/C20H16F4N2O2/c21-13-7-10(20(27)28)8-14(22)17(13)19-18-12(5-6-26(19)9-16(23)24)11-3-1-2-4-15(11)25-18/h1-4,7-8,16,19,25H,5-6,9H2,(H,27,28). The first kappa shape index (κ1) is 18.5. The first-order valence-corrected chi connectivity index (χ1v) is 8.70. The van der Waals surface area contributed by atoms with E-state index in [2.05, 4.69) is 4.98 Å². The molecule has 1 atom stereocenters. The predicted octanol–water partition coefficient (Wildman–Crippen LogP) is 4.36. The number of para-hydroxylation sites is 1. The molecule has 1 unspecified atom stereocenters. The molecule has 0 bridgehead atoms. The normalized spacial score (nSPS) is 17.2. The number of halogens is 4. The van der Waals surface area contributed by atoms with E-state index in [-0.39, 0.29) is 6.54 Å². The number of aromatic carboxylic acids is 1. The fraction of sp³-hybridized carbons (Fsp3) is 0.250. The molecular weight excluding hydrogens is 376 g/mol. The summed E-state index contributed by atoms with van der Waals surface area (Å²) in [7, 11) is 0. The SMILES string of the molecule is O=C(O)c1cc(F)c(C2c3[nH]c4ccccc4c3CCN2CC(F)F)c(F)c1. The van der Waals surface area contributed by atoms with E-state index < -0.39 is 47.7 Å². The lowest BCUT2D eigenvalue weighted by atomic mass is 9.91. The molecule has 0 radical (unpaired) electrons. The number of H-pyrrole nitrogens is 1. The Morgan fingerprint density at radius 2 is 1.89 bits per heavy atom. The summed E-state index contributed by atoms with van der Waals surface area (Å²) in [4.78, 5) is 15.5. The fourth-order valence-electron chi connectivity index (χ4n) is 3.96. The van der Waals surface area contributed by atoms with Gasteiger partial charge in [0.15, 0.2) is 0 Å². The molecular formula is C20H16F4N2O2. The quantitative estimate of drug-likeness (QED) is 0.649. The van der Waals surface area contributed by atoms with Gasteiger partial charge in [0.25, 0.3) is 6.43 Å². The fourth-order valence-corrected chi connectivity index (χ4v) is 3.96. The molecule has 2 aromatic carbocycles. The largest absolute Gasteiger partial charge is 0.478 e. The Labute approximate surface area is 157 Å². The van der Waals surface area contributed by atoms with E-state index in [4.69, 9.17) is 5.11 Å². The monoisotopic (exact) mass is 392 g/mol. The van der Waals surface area contributed by atoms with E-state index in [0.717, 1.165) is 28.6 Å². The molecule has 0 saturated carbocycles. The van der Waals surface area contributed by atoms with Gasteiger partial charge >= 0.3 is 5.97 Å². The lowest BCUT2D eigenvalue weighted by molar-refractivity contribution is 0.0678. The highest BCUT2D eigenvalue weighted by Crippen LogP contribution is 2.40. The van der Waals surface area contributed by atoms with E-state index in [1.807, 2.05) is 18.2 Å². The van der Waals surface area contributed by atoms with Crippen LogP contribution in [-0.2, 0) is 6.42 Å². The Kier molecular flexibility index (Phi) is 4.58. The summed E-state index contributed by atoms with van der Waals surface area (Å²) >= 11 is 0. The Morgan fingerprint density at radius 1 is 1.21 bits per heavy atom. The minimum Gasteiger partial charge on any atom is -0.478 e.